The number of nitrogens with one attached hydrogen (secondary N) is 1. The molecule has 0 aliphatic rings. The van der Waals surface area contributed by atoms with Crippen LogP contribution in [0.25, 0.3) is 11.0 Å². The number of hydrazine groups is 1. The minimum atomic E-state index is -0.390. The molecule has 20 heavy (non-hydrogen) atoms. The van der Waals surface area contributed by atoms with Crippen molar-refractivity contribution >= 4 is 26.9 Å². The normalized spacial score (nSPS) is 12.8. The summed E-state index contributed by atoms with van der Waals surface area (Å²) in [6, 6.07) is 9.45. The van der Waals surface area contributed by atoms with Crippen LogP contribution in [0.1, 0.15) is 17.5 Å². The van der Waals surface area contributed by atoms with E-state index in [4.69, 9.17) is 10.3 Å². The summed E-state index contributed by atoms with van der Waals surface area (Å²) in [5.74, 6) is 5.87. The molecule has 102 valence electrons. The molecule has 3 rings (SSSR count). The Kier molecular flexibility index (Phi) is 3.52. The van der Waals surface area contributed by atoms with Crippen molar-refractivity contribution in [2.75, 3.05) is 0 Å². The van der Waals surface area contributed by atoms with Crippen molar-refractivity contribution in [2.45, 2.75) is 6.04 Å². The first kappa shape index (κ1) is 13.2. The summed E-state index contributed by atoms with van der Waals surface area (Å²) in [6.45, 7) is 0. The van der Waals surface area contributed by atoms with Gasteiger partial charge >= 0.3 is 0 Å². The zero-order chi connectivity index (χ0) is 14.1. The number of pyridine rings is 1. The van der Waals surface area contributed by atoms with Gasteiger partial charge in [-0.25, -0.2) is 9.82 Å². The predicted octanol–water partition coefficient (Wildman–Crippen LogP) is 3.28. The molecule has 2 aromatic heterocycles. The van der Waals surface area contributed by atoms with Gasteiger partial charge in [0.15, 0.2) is 0 Å². The Morgan fingerprint density at radius 2 is 2.10 bits per heavy atom. The maximum Gasteiger partial charge on any atom is 0.134 e. The van der Waals surface area contributed by atoms with E-state index in [1.54, 1.807) is 18.3 Å². The number of rotatable bonds is 3. The van der Waals surface area contributed by atoms with Crippen LogP contribution in [0.4, 0.5) is 4.39 Å². The Hall–Kier alpha value is -1.76. The van der Waals surface area contributed by atoms with Crippen LogP contribution < -0.4 is 11.3 Å². The van der Waals surface area contributed by atoms with Crippen molar-refractivity contribution < 1.29 is 8.81 Å². The smallest absolute Gasteiger partial charge is 0.134 e. The summed E-state index contributed by atoms with van der Waals surface area (Å²) in [4.78, 5) is 4.29. The maximum absolute atomic E-state index is 13.2. The van der Waals surface area contributed by atoms with Gasteiger partial charge in [-0.1, -0.05) is 0 Å². The highest BCUT2D eigenvalue weighted by molar-refractivity contribution is 9.10. The molecule has 2 heterocycles. The van der Waals surface area contributed by atoms with Gasteiger partial charge in [0.1, 0.15) is 23.2 Å². The van der Waals surface area contributed by atoms with Crippen molar-refractivity contribution in [3.8, 4) is 0 Å². The molecule has 1 aromatic carbocycles. The van der Waals surface area contributed by atoms with Gasteiger partial charge in [0.25, 0.3) is 0 Å². The number of furan rings is 1. The summed E-state index contributed by atoms with van der Waals surface area (Å²) in [5, 5.41) is 0.692. The summed E-state index contributed by atoms with van der Waals surface area (Å²) in [7, 11) is 0. The number of halogens is 2. The fourth-order valence-corrected chi connectivity index (χ4v) is 2.28. The highest BCUT2D eigenvalue weighted by Crippen LogP contribution is 2.27. The standard InChI is InChI=1S/C14H11BrFN3O/c15-9-1-3-11(18-7-9)14(19-17)13-6-8-5-10(16)2-4-12(8)20-13/h1-7,14,19H,17H2. The molecule has 6 heteroatoms. The van der Waals surface area contributed by atoms with Crippen molar-refractivity contribution in [2.24, 2.45) is 5.84 Å². The third kappa shape index (κ3) is 2.45. The zero-order valence-electron chi connectivity index (χ0n) is 10.3. The summed E-state index contributed by atoms with van der Waals surface area (Å²) in [6.07, 6.45) is 1.68. The van der Waals surface area contributed by atoms with Crippen molar-refractivity contribution in [3.63, 3.8) is 0 Å². The van der Waals surface area contributed by atoms with Gasteiger partial charge in [0.05, 0.1) is 5.69 Å². The summed E-state index contributed by atoms with van der Waals surface area (Å²) < 4.78 is 19.8. The minimum Gasteiger partial charge on any atom is -0.459 e. The summed E-state index contributed by atoms with van der Waals surface area (Å²) in [5.41, 5.74) is 3.99. The maximum atomic E-state index is 13.2. The largest absolute Gasteiger partial charge is 0.459 e. The topological polar surface area (TPSA) is 64.1 Å². The molecule has 0 radical (unpaired) electrons. The number of hydrogen-bond acceptors (Lipinski definition) is 4. The highest BCUT2D eigenvalue weighted by Gasteiger charge is 2.18. The number of fused-ring (bicyclic) bond motifs is 1. The summed E-state index contributed by atoms with van der Waals surface area (Å²) >= 11 is 3.33. The van der Waals surface area contributed by atoms with Gasteiger partial charge in [-0.15, -0.1) is 0 Å². The quantitative estimate of drug-likeness (QED) is 0.569. The molecule has 1 atom stereocenters. The van der Waals surface area contributed by atoms with Crippen molar-refractivity contribution in [1.29, 1.82) is 0 Å². The van der Waals surface area contributed by atoms with E-state index < -0.39 is 6.04 Å². The monoisotopic (exact) mass is 335 g/mol. The van der Waals surface area contributed by atoms with Crippen LogP contribution in [0.2, 0.25) is 0 Å². The Balaban J connectivity index is 2.04. The molecule has 0 amide bonds. The number of aromatic nitrogens is 1. The van der Waals surface area contributed by atoms with Gasteiger partial charge in [-0.3, -0.25) is 10.8 Å². The number of nitrogens with two attached hydrogens (primary N) is 1. The third-order valence-corrected chi connectivity index (χ3v) is 3.46. The Labute approximate surface area is 122 Å². The average molecular weight is 336 g/mol. The highest BCUT2D eigenvalue weighted by atomic mass is 79.9. The first-order valence-corrected chi connectivity index (χ1v) is 6.73. The van der Waals surface area contributed by atoms with E-state index in [2.05, 4.69) is 26.3 Å². The lowest BCUT2D eigenvalue weighted by Crippen LogP contribution is -2.29. The molecule has 1 unspecified atom stereocenters. The predicted molar refractivity (Wildman–Crippen MR) is 77.3 cm³/mol. The van der Waals surface area contributed by atoms with Crippen LogP contribution >= 0.6 is 15.9 Å². The molecular formula is C14H11BrFN3O. The number of hydrogen-bond donors (Lipinski definition) is 2. The van der Waals surface area contributed by atoms with E-state index in [0.717, 1.165) is 10.2 Å². The molecule has 0 fully saturated rings. The second-order valence-electron chi connectivity index (χ2n) is 4.33. The van der Waals surface area contributed by atoms with Gasteiger partial charge in [-0.2, -0.15) is 0 Å². The molecule has 0 saturated heterocycles. The molecular weight excluding hydrogens is 325 g/mol. The van der Waals surface area contributed by atoms with E-state index >= 15 is 0 Å². The molecule has 0 aliphatic carbocycles. The van der Waals surface area contributed by atoms with E-state index in [1.165, 1.54) is 12.1 Å². The third-order valence-electron chi connectivity index (χ3n) is 2.99. The first-order chi connectivity index (χ1) is 9.67. The fraction of sp³-hybridized carbons (Fsp3) is 0.0714. The van der Waals surface area contributed by atoms with Crippen LogP contribution in [-0.4, -0.2) is 4.98 Å². The van der Waals surface area contributed by atoms with E-state index in [9.17, 15) is 4.39 Å². The van der Waals surface area contributed by atoms with Crippen molar-refractivity contribution in [1.82, 2.24) is 10.4 Å². The second kappa shape index (κ2) is 5.32. The van der Waals surface area contributed by atoms with Crippen molar-refractivity contribution in [3.05, 3.63) is 64.3 Å². The molecule has 0 saturated carbocycles. The lowest BCUT2D eigenvalue weighted by molar-refractivity contribution is 0.471. The molecule has 0 aliphatic heterocycles. The van der Waals surface area contributed by atoms with E-state index in [1.807, 2.05) is 12.1 Å². The molecule has 0 bridgehead atoms. The second-order valence-corrected chi connectivity index (χ2v) is 5.25. The van der Waals surface area contributed by atoms with Gasteiger partial charge in [-0.05, 0) is 52.3 Å². The Morgan fingerprint density at radius 1 is 1.25 bits per heavy atom. The van der Waals surface area contributed by atoms with Crippen LogP contribution in [0.5, 0.6) is 0 Å². The number of benzene rings is 1. The van der Waals surface area contributed by atoms with E-state index in [0.29, 0.717) is 16.7 Å². The lowest BCUT2D eigenvalue weighted by atomic mass is 10.1. The lowest BCUT2D eigenvalue weighted by Gasteiger charge is -2.12. The fourth-order valence-electron chi connectivity index (χ4n) is 2.05. The zero-order valence-corrected chi connectivity index (χ0v) is 11.9. The SMILES string of the molecule is NNC(c1ccc(Br)cn1)c1cc2cc(F)ccc2o1. The van der Waals surface area contributed by atoms with Gasteiger partial charge in [0.2, 0.25) is 0 Å². The molecule has 0 spiro atoms. The average Bonchev–Trinajstić information content (AvgIpc) is 2.84. The van der Waals surface area contributed by atoms with E-state index in [-0.39, 0.29) is 5.82 Å². The molecule has 3 N–H and O–H groups in total. The van der Waals surface area contributed by atoms with Gasteiger partial charge < -0.3 is 4.42 Å². The van der Waals surface area contributed by atoms with Crippen LogP contribution in [-0.2, 0) is 0 Å². The Bertz CT molecular complexity index is 742. The van der Waals surface area contributed by atoms with Crippen LogP contribution in [0.15, 0.2) is 51.5 Å². The molecule has 3 aromatic rings. The van der Waals surface area contributed by atoms with Gasteiger partial charge in [0, 0.05) is 16.1 Å². The van der Waals surface area contributed by atoms with Crippen LogP contribution in [0, 0.1) is 5.82 Å². The number of nitrogens with zero attached hydrogens (tertiary/aromatic N) is 1. The Morgan fingerprint density at radius 3 is 2.80 bits per heavy atom. The first-order valence-electron chi connectivity index (χ1n) is 5.94. The minimum absolute atomic E-state index is 0.302. The molecule has 4 nitrogen and oxygen atoms in total. The van der Waals surface area contributed by atoms with Crippen LogP contribution in [0.3, 0.4) is 0 Å².